The van der Waals surface area contributed by atoms with Crippen molar-refractivity contribution in [1.82, 2.24) is 5.32 Å². The first-order chi connectivity index (χ1) is 7.65. The Balaban J connectivity index is 2.44. The summed E-state index contributed by atoms with van der Waals surface area (Å²) >= 11 is 0. The average Bonchev–Trinajstić information content (AvgIpc) is 2.76. The monoisotopic (exact) mass is 226 g/mol. The lowest BCUT2D eigenvalue weighted by Crippen LogP contribution is -2.43. The van der Waals surface area contributed by atoms with Crippen molar-refractivity contribution in [2.45, 2.75) is 25.3 Å². The first-order valence-electron chi connectivity index (χ1n) is 5.13. The van der Waals surface area contributed by atoms with E-state index in [1.807, 2.05) is 6.07 Å². The van der Waals surface area contributed by atoms with Crippen LogP contribution >= 0.6 is 0 Å². The second-order valence-electron chi connectivity index (χ2n) is 3.66. The van der Waals surface area contributed by atoms with Crippen LogP contribution in [0.4, 0.5) is 0 Å². The minimum Gasteiger partial charge on any atom is -0.480 e. The van der Waals surface area contributed by atoms with Gasteiger partial charge in [-0.25, -0.2) is 4.79 Å². The highest BCUT2D eigenvalue weighted by Gasteiger charge is 2.27. The normalized spacial score (nSPS) is 21.1. The van der Waals surface area contributed by atoms with Crippen molar-refractivity contribution in [2.75, 3.05) is 13.2 Å². The van der Waals surface area contributed by atoms with Crippen molar-refractivity contribution >= 4 is 11.9 Å². The zero-order valence-electron chi connectivity index (χ0n) is 8.81. The molecule has 1 heterocycles. The van der Waals surface area contributed by atoms with E-state index < -0.39 is 12.0 Å². The number of nitrogens with zero attached hydrogens (tertiary/aromatic N) is 1. The van der Waals surface area contributed by atoms with Crippen LogP contribution in [-0.2, 0) is 14.3 Å². The van der Waals surface area contributed by atoms with E-state index in [-0.39, 0.29) is 24.7 Å². The lowest BCUT2D eigenvalue weighted by Gasteiger charge is -2.15. The van der Waals surface area contributed by atoms with Gasteiger partial charge in [-0.15, -0.1) is 0 Å². The predicted molar refractivity (Wildman–Crippen MR) is 53.3 cm³/mol. The van der Waals surface area contributed by atoms with Crippen molar-refractivity contribution in [2.24, 2.45) is 5.92 Å². The third-order valence-corrected chi connectivity index (χ3v) is 2.46. The molecular formula is C10H14N2O4. The molecule has 16 heavy (non-hydrogen) atoms. The van der Waals surface area contributed by atoms with E-state index in [0.29, 0.717) is 19.6 Å². The van der Waals surface area contributed by atoms with Crippen LogP contribution in [0.25, 0.3) is 0 Å². The molecular weight excluding hydrogens is 212 g/mol. The van der Waals surface area contributed by atoms with Gasteiger partial charge in [0.2, 0.25) is 5.91 Å². The maximum atomic E-state index is 11.6. The van der Waals surface area contributed by atoms with Gasteiger partial charge >= 0.3 is 5.97 Å². The van der Waals surface area contributed by atoms with Crippen molar-refractivity contribution in [3.8, 4) is 6.07 Å². The molecule has 0 aromatic heterocycles. The first kappa shape index (κ1) is 12.5. The molecule has 0 unspecified atom stereocenters. The summed E-state index contributed by atoms with van der Waals surface area (Å²) in [6.45, 7) is 0.879. The van der Waals surface area contributed by atoms with Gasteiger partial charge in [0, 0.05) is 13.0 Å². The highest BCUT2D eigenvalue weighted by molar-refractivity contribution is 5.85. The molecule has 6 heteroatoms. The summed E-state index contributed by atoms with van der Waals surface area (Å²) in [4.78, 5) is 22.4. The maximum Gasteiger partial charge on any atom is 0.326 e. The van der Waals surface area contributed by atoms with Crippen LogP contribution in [-0.4, -0.2) is 36.2 Å². The van der Waals surface area contributed by atoms with E-state index in [1.54, 1.807) is 0 Å². The molecule has 1 aliphatic heterocycles. The molecule has 0 aromatic rings. The summed E-state index contributed by atoms with van der Waals surface area (Å²) in [5, 5.41) is 19.6. The number of hydrogen-bond donors (Lipinski definition) is 2. The van der Waals surface area contributed by atoms with Gasteiger partial charge in [-0.2, -0.15) is 5.26 Å². The van der Waals surface area contributed by atoms with Crippen LogP contribution in [0.15, 0.2) is 0 Å². The number of ether oxygens (including phenoxy) is 1. The molecule has 6 nitrogen and oxygen atoms in total. The van der Waals surface area contributed by atoms with Gasteiger partial charge in [0.15, 0.2) is 0 Å². The standard InChI is InChI=1S/C10H14N2O4/c11-4-1-2-8(10(14)15)12-9(13)7-3-5-16-6-7/h7-8H,1-3,5-6H2,(H,12,13)(H,14,15)/t7-,8+/m0/s1. The summed E-state index contributed by atoms with van der Waals surface area (Å²) in [6.07, 6.45) is 0.861. The lowest BCUT2D eigenvalue weighted by molar-refractivity contribution is -0.142. The molecule has 1 aliphatic rings. The van der Waals surface area contributed by atoms with E-state index in [0.717, 1.165) is 0 Å². The summed E-state index contributed by atoms with van der Waals surface area (Å²) in [7, 11) is 0. The number of carbonyl (C=O) groups is 2. The topological polar surface area (TPSA) is 99.4 Å². The number of amides is 1. The Kier molecular flexibility index (Phi) is 4.73. The van der Waals surface area contributed by atoms with Crippen molar-refractivity contribution in [3.63, 3.8) is 0 Å². The molecule has 0 radical (unpaired) electrons. The Morgan fingerprint density at radius 3 is 2.88 bits per heavy atom. The van der Waals surface area contributed by atoms with Crippen LogP contribution in [0.2, 0.25) is 0 Å². The number of rotatable bonds is 5. The van der Waals surface area contributed by atoms with Crippen LogP contribution in [0, 0.1) is 17.2 Å². The van der Waals surface area contributed by atoms with Gasteiger partial charge in [0.05, 0.1) is 18.6 Å². The average molecular weight is 226 g/mol. The number of hydrogen-bond acceptors (Lipinski definition) is 4. The van der Waals surface area contributed by atoms with Crippen LogP contribution < -0.4 is 5.32 Å². The molecule has 1 amide bonds. The van der Waals surface area contributed by atoms with Crippen LogP contribution in [0.5, 0.6) is 0 Å². The van der Waals surface area contributed by atoms with E-state index >= 15 is 0 Å². The Labute approximate surface area is 93.2 Å². The number of carboxylic acids is 1. The Hall–Kier alpha value is -1.61. The van der Waals surface area contributed by atoms with Crippen molar-refractivity contribution < 1.29 is 19.4 Å². The summed E-state index contributed by atoms with van der Waals surface area (Å²) in [5.74, 6) is -1.67. The van der Waals surface area contributed by atoms with Gasteiger partial charge in [-0.3, -0.25) is 4.79 Å². The molecule has 0 bridgehead atoms. The van der Waals surface area contributed by atoms with E-state index in [2.05, 4.69) is 5.32 Å². The first-order valence-corrected chi connectivity index (χ1v) is 5.13. The van der Waals surface area contributed by atoms with Gasteiger partial charge in [0.1, 0.15) is 6.04 Å². The molecule has 0 aliphatic carbocycles. The SMILES string of the molecule is N#CCC[C@@H](NC(=O)[C@H]1CCOC1)C(=O)O. The smallest absolute Gasteiger partial charge is 0.326 e. The van der Waals surface area contributed by atoms with E-state index in [1.165, 1.54) is 0 Å². The van der Waals surface area contributed by atoms with Crippen LogP contribution in [0.1, 0.15) is 19.3 Å². The Bertz CT molecular complexity index is 304. The molecule has 2 atom stereocenters. The Morgan fingerprint density at radius 1 is 1.62 bits per heavy atom. The minimum absolute atomic E-state index is 0.110. The summed E-state index contributed by atoms with van der Waals surface area (Å²) in [5.41, 5.74) is 0. The van der Waals surface area contributed by atoms with Gasteiger partial charge in [-0.1, -0.05) is 0 Å². The largest absolute Gasteiger partial charge is 0.480 e. The molecule has 0 spiro atoms. The van der Waals surface area contributed by atoms with E-state index in [9.17, 15) is 9.59 Å². The highest BCUT2D eigenvalue weighted by Crippen LogP contribution is 2.12. The van der Waals surface area contributed by atoms with Gasteiger partial charge < -0.3 is 15.2 Å². The fourth-order valence-electron chi connectivity index (χ4n) is 1.50. The summed E-state index contributed by atoms with van der Waals surface area (Å²) in [6, 6.07) is 0.878. The maximum absolute atomic E-state index is 11.6. The molecule has 88 valence electrons. The zero-order chi connectivity index (χ0) is 12.0. The van der Waals surface area contributed by atoms with Crippen molar-refractivity contribution in [1.29, 1.82) is 5.26 Å². The predicted octanol–water partition coefficient (Wildman–Crippen LogP) is -0.104. The number of nitriles is 1. The quantitative estimate of drug-likeness (QED) is 0.681. The fourth-order valence-corrected chi connectivity index (χ4v) is 1.50. The molecule has 1 saturated heterocycles. The second kappa shape index (κ2) is 6.08. The van der Waals surface area contributed by atoms with E-state index in [4.69, 9.17) is 15.1 Å². The molecule has 1 fully saturated rings. The molecule has 1 rings (SSSR count). The third kappa shape index (κ3) is 3.51. The number of carbonyl (C=O) groups excluding carboxylic acids is 1. The van der Waals surface area contributed by atoms with Crippen molar-refractivity contribution in [3.05, 3.63) is 0 Å². The zero-order valence-corrected chi connectivity index (χ0v) is 8.81. The number of carboxylic acid groups (broad SMARTS) is 1. The molecule has 2 N–H and O–H groups in total. The fraction of sp³-hybridized carbons (Fsp3) is 0.700. The Morgan fingerprint density at radius 2 is 2.38 bits per heavy atom. The summed E-state index contributed by atoms with van der Waals surface area (Å²) < 4.78 is 5.04. The highest BCUT2D eigenvalue weighted by atomic mass is 16.5. The lowest BCUT2D eigenvalue weighted by atomic mass is 10.1. The number of aliphatic carboxylic acids is 1. The van der Waals surface area contributed by atoms with Crippen LogP contribution in [0.3, 0.4) is 0 Å². The molecule has 0 saturated carbocycles. The number of nitrogens with one attached hydrogen (secondary N) is 1. The second-order valence-corrected chi connectivity index (χ2v) is 3.66. The van der Waals surface area contributed by atoms with Gasteiger partial charge in [0.25, 0.3) is 0 Å². The minimum atomic E-state index is -1.11. The van der Waals surface area contributed by atoms with Gasteiger partial charge in [-0.05, 0) is 12.8 Å². The third-order valence-electron chi connectivity index (χ3n) is 2.46. The molecule has 0 aromatic carbocycles.